The fraction of sp³-hybridized carbons (Fsp3) is 0.300. The van der Waals surface area contributed by atoms with E-state index in [1.54, 1.807) is 42.5 Å². The molecule has 1 heterocycles. The molecule has 2 amide bonds. The number of nitrogens with zero attached hydrogens (tertiary/aromatic N) is 1. The lowest BCUT2D eigenvalue weighted by molar-refractivity contribution is -0.114. The molecule has 0 atom stereocenters. The number of rotatable bonds is 5. The van der Waals surface area contributed by atoms with Crippen molar-refractivity contribution in [1.82, 2.24) is 4.90 Å². The Morgan fingerprint density at radius 2 is 1.70 bits per heavy atom. The van der Waals surface area contributed by atoms with E-state index in [1.807, 2.05) is 4.90 Å². The summed E-state index contributed by atoms with van der Waals surface area (Å²) in [6, 6.07) is 12.0. The Labute approximate surface area is 168 Å². The summed E-state index contributed by atoms with van der Waals surface area (Å²) in [5.74, 6) is -0.280. The molecule has 3 rings (SSSR count). The van der Waals surface area contributed by atoms with Gasteiger partial charge in [-0.2, -0.15) is 0 Å². The van der Waals surface area contributed by atoms with Gasteiger partial charge in [0.2, 0.25) is 5.91 Å². The maximum Gasteiger partial charge on any atom is 0.255 e. The smallest absolute Gasteiger partial charge is 0.255 e. The maximum atomic E-state index is 12.8. The lowest BCUT2D eigenvalue weighted by Gasteiger charge is -2.27. The summed E-state index contributed by atoms with van der Waals surface area (Å²) >= 11 is 12.0. The normalized spacial score (nSPS) is 13.9. The Morgan fingerprint density at radius 3 is 2.44 bits per heavy atom. The van der Waals surface area contributed by atoms with E-state index in [4.69, 9.17) is 23.2 Å². The Balaban J connectivity index is 1.67. The van der Waals surface area contributed by atoms with Crippen LogP contribution in [-0.2, 0) is 4.79 Å². The third kappa shape index (κ3) is 5.37. The van der Waals surface area contributed by atoms with Gasteiger partial charge >= 0.3 is 0 Å². The van der Waals surface area contributed by atoms with Gasteiger partial charge in [-0.05, 0) is 55.7 Å². The Bertz CT molecular complexity index is 836. The monoisotopic (exact) mass is 405 g/mol. The third-order valence-electron chi connectivity index (χ3n) is 4.40. The van der Waals surface area contributed by atoms with Gasteiger partial charge in [0, 0.05) is 34.5 Å². The number of hydrogen-bond acceptors (Lipinski definition) is 3. The first-order valence-electron chi connectivity index (χ1n) is 8.91. The lowest BCUT2D eigenvalue weighted by atomic mass is 10.1. The topological polar surface area (TPSA) is 61.4 Å². The second-order valence-electron chi connectivity index (χ2n) is 6.45. The Hall–Kier alpha value is -2.24. The molecular formula is C20H21Cl2N3O2. The molecule has 142 valence electrons. The van der Waals surface area contributed by atoms with Crippen LogP contribution in [0.4, 0.5) is 11.4 Å². The van der Waals surface area contributed by atoms with E-state index in [0.29, 0.717) is 27.0 Å². The van der Waals surface area contributed by atoms with E-state index in [1.165, 1.54) is 0 Å². The largest absolute Gasteiger partial charge is 0.375 e. The van der Waals surface area contributed by atoms with Crippen molar-refractivity contribution in [3.05, 3.63) is 58.1 Å². The Kier molecular flexibility index (Phi) is 6.58. The van der Waals surface area contributed by atoms with Crippen molar-refractivity contribution >= 4 is 46.4 Å². The summed E-state index contributed by atoms with van der Waals surface area (Å²) in [4.78, 5) is 26.9. The van der Waals surface area contributed by atoms with Crippen molar-refractivity contribution in [3.8, 4) is 0 Å². The molecule has 5 nitrogen and oxygen atoms in total. The van der Waals surface area contributed by atoms with Crippen LogP contribution in [0.2, 0.25) is 10.0 Å². The van der Waals surface area contributed by atoms with Crippen LogP contribution in [-0.4, -0.2) is 36.3 Å². The number of hydrogen-bond donors (Lipinski definition) is 2. The molecule has 0 aromatic heterocycles. The van der Waals surface area contributed by atoms with E-state index in [9.17, 15) is 9.59 Å². The van der Waals surface area contributed by atoms with E-state index < -0.39 is 0 Å². The minimum Gasteiger partial charge on any atom is -0.375 e. The molecule has 1 aliphatic rings. The van der Waals surface area contributed by atoms with Gasteiger partial charge in [0.05, 0.1) is 12.1 Å². The summed E-state index contributed by atoms with van der Waals surface area (Å²) < 4.78 is 0. The van der Waals surface area contributed by atoms with Crippen LogP contribution in [0.25, 0.3) is 0 Å². The fourth-order valence-electron chi connectivity index (χ4n) is 3.06. The zero-order chi connectivity index (χ0) is 19.2. The average molecular weight is 406 g/mol. The molecule has 0 unspecified atom stereocenters. The summed E-state index contributed by atoms with van der Waals surface area (Å²) in [7, 11) is 0. The fourth-order valence-corrected chi connectivity index (χ4v) is 3.43. The number of carbonyl (C=O) groups excluding carboxylic acids is 2. The van der Waals surface area contributed by atoms with Gasteiger partial charge in [-0.25, -0.2) is 0 Å². The van der Waals surface area contributed by atoms with Crippen molar-refractivity contribution in [2.45, 2.75) is 19.3 Å². The third-order valence-corrected chi connectivity index (χ3v) is 4.87. The molecule has 2 aromatic rings. The van der Waals surface area contributed by atoms with Crippen molar-refractivity contribution in [2.24, 2.45) is 0 Å². The molecule has 7 heteroatoms. The molecule has 1 saturated heterocycles. The highest BCUT2D eigenvalue weighted by Crippen LogP contribution is 2.24. The number of carbonyl (C=O) groups is 2. The summed E-state index contributed by atoms with van der Waals surface area (Å²) in [5, 5.41) is 6.85. The minimum absolute atomic E-state index is 0.00708. The molecule has 2 N–H and O–H groups in total. The zero-order valence-electron chi connectivity index (χ0n) is 14.8. The van der Waals surface area contributed by atoms with Crippen molar-refractivity contribution < 1.29 is 9.59 Å². The maximum absolute atomic E-state index is 12.8. The minimum atomic E-state index is -0.242. The van der Waals surface area contributed by atoms with Gasteiger partial charge in [0.1, 0.15) is 0 Å². The predicted octanol–water partition coefficient (Wildman–Crippen LogP) is 4.67. The number of benzene rings is 2. The highest BCUT2D eigenvalue weighted by molar-refractivity contribution is 6.31. The van der Waals surface area contributed by atoms with Crippen LogP contribution < -0.4 is 10.6 Å². The second kappa shape index (κ2) is 9.11. The van der Waals surface area contributed by atoms with Crippen LogP contribution >= 0.6 is 23.2 Å². The van der Waals surface area contributed by atoms with Crippen molar-refractivity contribution in [2.75, 3.05) is 30.3 Å². The molecule has 0 aliphatic carbocycles. The highest BCUT2D eigenvalue weighted by atomic mass is 35.5. The standard InChI is InChI=1S/C20H21Cl2N3O2/c21-14-5-4-6-16(11-14)24-19(26)13-23-18-12-15(22)7-8-17(18)20(27)25-9-2-1-3-10-25/h4-8,11-12,23H,1-3,9-10,13H2,(H,24,26). The van der Waals surface area contributed by atoms with Crippen LogP contribution in [0, 0.1) is 0 Å². The summed E-state index contributed by atoms with van der Waals surface area (Å²) in [6.45, 7) is 1.53. The van der Waals surface area contributed by atoms with Gasteiger partial charge < -0.3 is 15.5 Å². The first kappa shape index (κ1) is 19.5. The van der Waals surface area contributed by atoms with Gasteiger partial charge in [0.25, 0.3) is 5.91 Å². The van der Waals surface area contributed by atoms with E-state index >= 15 is 0 Å². The zero-order valence-corrected chi connectivity index (χ0v) is 16.3. The molecule has 27 heavy (non-hydrogen) atoms. The summed E-state index contributed by atoms with van der Waals surface area (Å²) in [5.41, 5.74) is 1.70. The molecule has 0 spiro atoms. The molecule has 1 fully saturated rings. The number of piperidine rings is 1. The quantitative estimate of drug-likeness (QED) is 0.759. The van der Waals surface area contributed by atoms with Gasteiger partial charge in [-0.1, -0.05) is 29.3 Å². The number of likely N-dealkylation sites (tertiary alicyclic amines) is 1. The molecule has 2 aromatic carbocycles. The van der Waals surface area contributed by atoms with Gasteiger partial charge in [-0.15, -0.1) is 0 Å². The van der Waals surface area contributed by atoms with Gasteiger partial charge in [0.15, 0.2) is 0 Å². The SMILES string of the molecule is O=C(CNc1cc(Cl)ccc1C(=O)N1CCCCC1)Nc1cccc(Cl)c1. The predicted molar refractivity (Wildman–Crippen MR) is 110 cm³/mol. The first-order valence-corrected chi connectivity index (χ1v) is 9.66. The van der Waals surface area contributed by atoms with E-state index in [0.717, 1.165) is 32.4 Å². The molecular weight excluding hydrogens is 385 g/mol. The van der Waals surface area contributed by atoms with Gasteiger partial charge in [-0.3, -0.25) is 9.59 Å². The van der Waals surface area contributed by atoms with E-state index in [2.05, 4.69) is 10.6 Å². The van der Waals surface area contributed by atoms with Crippen LogP contribution in [0.15, 0.2) is 42.5 Å². The summed E-state index contributed by atoms with van der Waals surface area (Å²) in [6.07, 6.45) is 3.19. The number of halogens is 2. The van der Waals surface area contributed by atoms with Crippen LogP contribution in [0.1, 0.15) is 29.6 Å². The number of anilines is 2. The number of amides is 2. The van der Waals surface area contributed by atoms with Crippen LogP contribution in [0.3, 0.4) is 0 Å². The van der Waals surface area contributed by atoms with Crippen molar-refractivity contribution in [1.29, 1.82) is 0 Å². The highest BCUT2D eigenvalue weighted by Gasteiger charge is 2.21. The first-order chi connectivity index (χ1) is 13.0. The average Bonchev–Trinajstić information content (AvgIpc) is 2.67. The van der Waals surface area contributed by atoms with Crippen molar-refractivity contribution in [3.63, 3.8) is 0 Å². The van der Waals surface area contributed by atoms with E-state index in [-0.39, 0.29) is 18.4 Å². The molecule has 0 bridgehead atoms. The molecule has 0 saturated carbocycles. The lowest BCUT2D eigenvalue weighted by Crippen LogP contribution is -2.36. The Morgan fingerprint density at radius 1 is 0.963 bits per heavy atom. The number of nitrogens with one attached hydrogen (secondary N) is 2. The molecule has 0 radical (unpaired) electrons. The molecule has 1 aliphatic heterocycles. The van der Waals surface area contributed by atoms with Crippen LogP contribution in [0.5, 0.6) is 0 Å². The second-order valence-corrected chi connectivity index (χ2v) is 7.33.